The van der Waals surface area contributed by atoms with Gasteiger partial charge in [-0.3, -0.25) is 0 Å². The molecule has 5 heteroatoms. The molecule has 0 saturated heterocycles. The number of hydrogen-bond donors (Lipinski definition) is 3. The monoisotopic (exact) mass is 276 g/mol. The summed E-state index contributed by atoms with van der Waals surface area (Å²) in [6.07, 6.45) is -1.49. The van der Waals surface area contributed by atoms with Gasteiger partial charge in [0.05, 0.1) is 6.10 Å². The molecule has 2 atom stereocenters. The van der Waals surface area contributed by atoms with Gasteiger partial charge in [0.25, 0.3) is 0 Å². The first-order valence-corrected chi connectivity index (χ1v) is 4.68. The van der Waals surface area contributed by atoms with Crippen molar-refractivity contribution in [2.45, 2.75) is 12.2 Å². The van der Waals surface area contributed by atoms with Crippen molar-refractivity contribution in [1.29, 1.82) is 0 Å². The summed E-state index contributed by atoms with van der Waals surface area (Å²) < 4.78 is 0. The molecule has 13 heavy (non-hydrogen) atoms. The molecule has 71 valence electrons. The number of nitrogens with one attached hydrogen (secondary N) is 1. The van der Waals surface area contributed by atoms with E-state index in [1.807, 2.05) is 17.5 Å². The van der Waals surface area contributed by atoms with Crippen molar-refractivity contribution in [3.8, 4) is 0 Å². The third-order valence-corrected chi connectivity index (χ3v) is 2.56. The topological polar surface area (TPSA) is 52.5 Å². The maximum Gasteiger partial charge on any atom is 0.115 e. The molecule has 1 aromatic rings. The van der Waals surface area contributed by atoms with Crippen LogP contribution in [0.4, 0.5) is 0 Å². The average Bonchev–Trinajstić information content (AvgIpc) is 2.55. The summed E-state index contributed by atoms with van der Waals surface area (Å²) in [5, 5.41) is 23.6. The summed E-state index contributed by atoms with van der Waals surface area (Å²) in [4.78, 5) is 0.803. The largest absolute Gasteiger partial charge is 0.389 e. The summed E-state index contributed by atoms with van der Waals surface area (Å²) >= 11 is 1.45. The second kappa shape index (κ2) is 7.04. The molecule has 0 aliphatic heterocycles. The van der Waals surface area contributed by atoms with E-state index >= 15 is 0 Å². The Morgan fingerprint density at radius 2 is 2.23 bits per heavy atom. The Balaban J connectivity index is 0.00000144. The molecule has 0 aliphatic carbocycles. The zero-order valence-corrected chi connectivity index (χ0v) is 11.1. The predicted octanol–water partition coefficient (Wildman–Crippen LogP) is 0.359. The van der Waals surface area contributed by atoms with E-state index in [9.17, 15) is 10.2 Å². The molecule has 3 N–H and O–H groups in total. The smallest absolute Gasteiger partial charge is 0.115 e. The van der Waals surface area contributed by atoms with Crippen LogP contribution in [0.1, 0.15) is 11.0 Å². The zero-order chi connectivity index (χ0) is 8.97. The molecule has 1 heterocycles. The van der Waals surface area contributed by atoms with E-state index in [-0.39, 0.29) is 32.7 Å². The minimum absolute atomic E-state index is 0. The Morgan fingerprint density at radius 1 is 1.54 bits per heavy atom. The fourth-order valence-electron chi connectivity index (χ4n) is 0.970. The van der Waals surface area contributed by atoms with Crippen molar-refractivity contribution in [2.75, 3.05) is 13.6 Å². The molecule has 1 radical (unpaired) electrons. The van der Waals surface area contributed by atoms with Crippen LogP contribution in [-0.4, -0.2) is 29.9 Å². The maximum absolute atomic E-state index is 9.53. The van der Waals surface area contributed by atoms with Gasteiger partial charge in [0.15, 0.2) is 0 Å². The van der Waals surface area contributed by atoms with Crippen LogP contribution in [0.3, 0.4) is 0 Å². The van der Waals surface area contributed by atoms with Crippen LogP contribution in [0, 0.1) is 0 Å². The zero-order valence-electron chi connectivity index (χ0n) is 7.47. The average molecular weight is 276 g/mol. The van der Waals surface area contributed by atoms with Gasteiger partial charge in [-0.2, -0.15) is 0 Å². The van der Waals surface area contributed by atoms with Crippen LogP contribution in [0.2, 0.25) is 0 Å². The summed E-state index contributed by atoms with van der Waals surface area (Å²) in [6, 6.07) is 3.67. The van der Waals surface area contributed by atoms with Crippen molar-refractivity contribution < 1.29 is 42.9 Å². The summed E-state index contributed by atoms with van der Waals surface area (Å²) in [5.74, 6) is 0. The van der Waals surface area contributed by atoms with Crippen molar-refractivity contribution in [3.63, 3.8) is 0 Å². The van der Waals surface area contributed by atoms with E-state index < -0.39 is 12.2 Å². The van der Waals surface area contributed by atoms with Gasteiger partial charge in [0.1, 0.15) is 6.10 Å². The van der Waals surface area contributed by atoms with Crippen LogP contribution in [0.15, 0.2) is 17.5 Å². The molecule has 0 aliphatic rings. The SMILES string of the molecule is CNCC(O)C(O)c1cccs1.[Y]. The Bertz CT molecular complexity index is 218. The van der Waals surface area contributed by atoms with Crippen LogP contribution in [0.5, 0.6) is 0 Å². The van der Waals surface area contributed by atoms with E-state index in [0.29, 0.717) is 6.54 Å². The molecule has 0 aromatic carbocycles. The van der Waals surface area contributed by atoms with E-state index in [1.54, 1.807) is 7.05 Å². The normalized spacial score (nSPS) is 14.7. The van der Waals surface area contributed by atoms with Crippen molar-refractivity contribution >= 4 is 11.3 Å². The summed E-state index contributed by atoms with van der Waals surface area (Å²) in [7, 11) is 1.74. The molecule has 0 amide bonds. The van der Waals surface area contributed by atoms with Gasteiger partial charge < -0.3 is 15.5 Å². The molecular formula is C8H13NO2SY. The molecular weight excluding hydrogens is 263 g/mol. The molecule has 0 bridgehead atoms. The first-order chi connectivity index (χ1) is 5.75. The molecule has 0 fully saturated rings. The molecule has 2 unspecified atom stereocenters. The van der Waals surface area contributed by atoms with Crippen LogP contribution >= 0.6 is 11.3 Å². The standard InChI is InChI=1S/C8H13NO2S.Y/c1-9-5-6(10)8(11)7-3-2-4-12-7;/h2-4,6,8-11H,5H2,1H3;. The Kier molecular flexibility index (Phi) is 7.41. The predicted molar refractivity (Wildman–Crippen MR) is 49.2 cm³/mol. The maximum atomic E-state index is 9.53. The molecule has 1 aromatic heterocycles. The van der Waals surface area contributed by atoms with E-state index in [1.165, 1.54) is 11.3 Å². The molecule has 0 saturated carbocycles. The summed E-state index contributed by atoms with van der Waals surface area (Å²) in [5.41, 5.74) is 0. The van der Waals surface area contributed by atoms with Crippen molar-refractivity contribution in [1.82, 2.24) is 5.32 Å². The van der Waals surface area contributed by atoms with E-state index in [2.05, 4.69) is 5.32 Å². The van der Waals surface area contributed by atoms with Crippen molar-refractivity contribution in [3.05, 3.63) is 22.4 Å². The third-order valence-electron chi connectivity index (χ3n) is 1.61. The van der Waals surface area contributed by atoms with Crippen molar-refractivity contribution in [2.24, 2.45) is 0 Å². The number of hydrogen-bond acceptors (Lipinski definition) is 4. The van der Waals surface area contributed by atoms with E-state index in [4.69, 9.17) is 0 Å². The third kappa shape index (κ3) is 4.15. The Hall–Kier alpha value is 0.684. The first kappa shape index (κ1) is 13.7. The quantitative estimate of drug-likeness (QED) is 0.744. The number of aliphatic hydroxyl groups excluding tert-OH is 2. The fraction of sp³-hybridized carbons (Fsp3) is 0.500. The minimum atomic E-state index is -0.766. The first-order valence-electron chi connectivity index (χ1n) is 3.80. The molecule has 3 nitrogen and oxygen atoms in total. The van der Waals surface area contributed by atoms with Gasteiger partial charge in [-0.25, -0.2) is 0 Å². The van der Waals surface area contributed by atoms with Gasteiger partial charge in [0.2, 0.25) is 0 Å². The fourth-order valence-corrected chi connectivity index (χ4v) is 1.74. The number of likely N-dealkylation sites (N-methyl/N-ethyl adjacent to an activating group) is 1. The Morgan fingerprint density at radius 3 is 2.69 bits per heavy atom. The van der Waals surface area contributed by atoms with Crippen LogP contribution in [0.25, 0.3) is 0 Å². The van der Waals surface area contributed by atoms with Gasteiger partial charge in [-0.1, -0.05) is 6.07 Å². The molecule has 0 spiro atoms. The number of aliphatic hydroxyl groups is 2. The second-order valence-corrected chi connectivity index (χ2v) is 3.56. The Labute approximate surface area is 107 Å². The molecule has 1 rings (SSSR count). The van der Waals surface area contributed by atoms with Gasteiger partial charge in [-0.15, -0.1) is 11.3 Å². The van der Waals surface area contributed by atoms with Gasteiger partial charge in [0, 0.05) is 44.1 Å². The number of thiophene rings is 1. The van der Waals surface area contributed by atoms with E-state index in [0.717, 1.165) is 4.88 Å². The van der Waals surface area contributed by atoms with Crippen LogP contribution < -0.4 is 5.32 Å². The summed E-state index contributed by atoms with van der Waals surface area (Å²) in [6.45, 7) is 0.402. The second-order valence-electron chi connectivity index (χ2n) is 2.59. The van der Waals surface area contributed by atoms with Crippen LogP contribution in [-0.2, 0) is 32.7 Å². The number of rotatable bonds is 4. The van der Waals surface area contributed by atoms with Gasteiger partial charge >= 0.3 is 0 Å². The minimum Gasteiger partial charge on any atom is -0.389 e. The van der Waals surface area contributed by atoms with Gasteiger partial charge in [-0.05, 0) is 18.5 Å².